The zero-order valence-electron chi connectivity index (χ0n) is 13.7. The van der Waals surface area contributed by atoms with Crippen molar-refractivity contribution in [2.75, 3.05) is 18.1 Å². The van der Waals surface area contributed by atoms with E-state index in [-0.39, 0.29) is 16.6 Å². The first-order valence-electron chi connectivity index (χ1n) is 7.53. The van der Waals surface area contributed by atoms with Crippen molar-refractivity contribution in [3.05, 3.63) is 28.2 Å². The molecule has 0 unspecified atom stereocenters. The van der Waals surface area contributed by atoms with Crippen LogP contribution in [-0.2, 0) is 24.3 Å². The normalized spacial score (nSPS) is 19.4. The third-order valence-corrected chi connectivity index (χ3v) is 5.88. The van der Waals surface area contributed by atoms with Gasteiger partial charge < -0.3 is 10.1 Å². The molecule has 7 nitrogen and oxygen atoms in total. The Balaban J connectivity index is 2.01. The average molecular weight is 409 g/mol. The lowest BCUT2D eigenvalue weighted by Gasteiger charge is -2.22. The number of esters is 1. The molecule has 1 amide bonds. The molecule has 1 N–H and O–H groups in total. The summed E-state index contributed by atoms with van der Waals surface area (Å²) in [6.07, 6.45) is 0.839. The van der Waals surface area contributed by atoms with Gasteiger partial charge in [0.05, 0.1) is 22.0 Å². The fourth-order valence-corrected chi connectivity index (χ4v) is 3.98. The van der Waals surface area contributed by atoms with Gasteiger partial charge in [-0.1, -0.05) is 29.3 Å². The molecule has 2 rings (SSSR count). The number of hydrogen-bond donors (Lipinski definition) is 1. The van der Waals surface area contributed by atoms with Crippen molar-refractivity contribution >= 4 is 50.8 Å². The van der Waals surface area contributed by atoms with Crippen LogP contribution in [0.25, 0.3) is 0 Å². The van der Waals surface area contributed by atoms with E-state index >= 15 is 0 Å². The van der Waals surface area contributed by atoms with Crippen LogP contribution in [0.3, 0.4) is 0 Å². The Morgan fingerprint density at radius 2 is 2.04 bits per heavy atom. The molecule has 0 radical (unpaired) electrons. The summed E-state index contributed by atoms with van der Waals surface area (Å²) < 4.78 is 29.6. The number of hydrogen-bond acceptors (Lipinski definition) is 5. The molecule has 25 heavy (non-hydrogen) atoms. The van der Waals surface area contributed by atoms with Gasteiger partial charge in [0.15, 0.2) is 6.10 Å². The van der Waals surface area contributed by atoms with Crippen LogP contribution in [0.2, 0.25) is 10.0 Å². The van der Waals surface area contributed by atoms with Crippen LogP contribution in [0.1, 0.15) is 19.8 Å². The first-order chi connectivity index (χ1) is 11.6. The van der Waals surface area contributed by atoms with E-state index in [1.807, 2.05) is 0 Å². The Kier molecular flexibility index (Phi) is 6.31. The summed E-state index contributed by atoms with van der Waals surface area (Å²) >= 11 is 11.9. The number of anilines is 1. The van der Waals surface area contributed by atoms with Gasteiger partial charge in [0.2, 0.25) is 10.0 Å². The van der Waals surface area contributed by atoms with E-state index in [1.165, 1.54) is 6.92 Å². The van der Waals surface area contributed by atoms with E-state index in [1.54, 1.807) is 18.2 Å². The first kappa shape index (κ1) is 20.0. The lowest BCUT2D eigenvalue weighted by molar-refractivity contribution is -0.156. The first-order valence-corrected chi connectivity index (χ1v) is 10.1. The minimum atomic E-state index is -3.51. The van der Waals surface area contributed by atoms with E-state index in [0.29, 0.717) is 18.5 Å². The molecular formula is C15H18Cl2N2O5S. The molecule has 0 spiro atoms. The van der Waals surface area contributed by atoms with E-state index in [4.69, 9.17) is 27.9 Å². The minimum absolute atomic E-state index is 0.176. The van der Waals surface area contributed by atoms with Gasteiger partial charge in [-0.05, 0) is 31.9 Å². The number of amides is 1. The predicted molar refractivity (Wildman–Crippen MR) is 95.2 cm³/mol. The van der Waals surface area contributed by atoms with Gasteiger partial charge in [-0.25, -0.2) is 8.42 Å². The highest BCUT2D eigenvalue weighted by Crippen LogP contribution is 2.29. The molecule has 2 atom stereocenters. The number of nitrogens with one attached hydrogen (secondary N) is 1. The van der Waals surface area contributed by atoms with Crippen LogP contribution in [-0.4, -0.2) is 49.5 Å². The second kappa shape index (κ2) is 7.90. The number of sulfonamides is 1. The smallest absolute Gasteiger partial charge is 0.325 e. The minimum Gasteiger partial charge on any atom is -0.451 e. The Morgan fingerprint density at radius 1 is 1.36 bits per heavy atom. The monoisotopic (exact) mass is 408 g/mol. The van der Waals surface area contributed by atoms with E-state index < -0.39 is 34.0 Å². The Labute approximate surface area is 156 Å². The van der Waals surface area contributed by atoms with Crippen molar-refractivity contribution in [1.29, 1.82) is 0 Å². The van der Waals surface area contributed by atoms with Gasteiger partial charge in [-0.2, -0.15) is 4.31 Å². The van der Waals surface area contributed by atoms with Gasteiger partial charge in [0.25, 0.3) is 5.91 Å². The molecule has 10 heteroatoms. The molecule has 1 saturated heterocycles. The number of nitrogens with zero attached hydrogens (tertiary/aromatic N) is 1. The van der Waals surface area contributed by atoms with Crippen LogP contribution in [0.5, 0.6) is 0 Å². The summed E-state index contributed by atoms with van der Waals surface area (Å²) in [4.78, 5) is 24.4. The quantitative estimate of drug-likeness (QED) is 0.754. The van der Waals surface area contributed by atoms with Crippen LogP contribution in [0.4, 0.5) is 5.69 Å². The van der Waals surface area contributed by atoms with Crippen molar-refractivity contribution < 1.29 is 22.7 Å². The molecule has 1 aliphatic heterocycles. The van der Waals surface area contributed by atoms with Gasteiger partial charge in [0.1, 0.15) is 6.04 Å². The summed E-state index contributed by atoms with van der Waals surface area (Å²) in [5, 5.41) is 2.98. The maximum absolute atomic E-state index is 12.2. The maximum Gasteiger partial charge on any atom is 0.325 e. The van der Waals surface area contributed by atoms with Gasteiger partial charge >= 0.3 is 5.97 Å². The lowest BCUT2D eigenvalue weighted by atomic mass is 10.2. The highest BCUT2D eigenvalue weighted by Gasteiger charge is 2.38. The lowest BCUT2D eigenvalue weighted by Crippen LogP contribution is -2.43. The van der Waals surface area contributed by atoms with Crippen molar-refractivity contribution in [2.45, 2.75) is 31.9 Å². The van der Waals surface area contributed by atoms with Crippen LogP contribution in [0.15, 0.2) is 18.2 Å². The zero-order valence-corrected chi connectivity index (χ0v) is 16.0. The number of carbonyl (C=O) groups excluding carboxylic acids is 2. The van der Waals surface area contributed by atoms with E-state index in [0.717, 1.165) is 10.6 Å². The fraction of sp³-hybridized carbons (Fsp3) is 0.467. The SMILES string of the molecule is C[C@@H](OC(=O)[C@@H]1CCCN1S(C)(=O)=O)C(=O)Nc1cccc(Cl)c1Cl. The Morgan fingerprint density at radius 3 is 2.68 bits per heavy atom. The number of rotatable bonds is 5. The summed E-state index contributed by atoms with van der Waals surface area (Å²) in [7, 11) is -3.51. The van der Waals surface area contributed by atoms with Crippen LogP contribution < -0.4 is 5.32 Å². The molecule has 138 valence electrons. The highest BCUT2D eigenvalue weighted by molar-refractivity contribution is 7.88. The van der Waals surface area contributed by atoms with Crippen LogP contribution >= 0.6 is 23.2 Å². The van der Waals surface area contributed by atoms with Crippen LogP contribution in [0, 0.1) is 0 Å². The number of halogens is 2. The number of ether oxygens (including phenoxy) is 1. The van der Waals surface area contributed by atoms with E-state index in [2.05, 4.69) is 5.32 Å². The summed E-state index contributed by atoms with van der Waals surface area (Å²) in [5.41, 5.74) is 0.292. The van der Waals surface area contributed by atoms with E-state index in [9.17, 15) is 18.0 Å². The summed E-state index contributed by atoms with van der Waals surface area (Å²) in [6.45, 7) is 1.66. The molecule has 1 fully saturated rings. The van der Waals surface area contributed by atoms with Crippen molar-refractivity contribution in [3.8, 4) is 0 Å². The molecule has 1 aromatic rings. The molecule has 1 aliphatic rings. The molecular weight excluding hydrogens is 391 g/mol. The molecule has 0 aromatic heterocycles. The predicted octanol–water partition coefficient (Wildman–Crippen LogP) is 2.29. The molecule has 0 aliphatic carbocycles. The zero-order chi connectivity index (χ0) is 18.8. The van der Waals surface area contributed by atoms with Gasteiger partial charge in [-0.15, -0.1) is 0 Å². The molecule has 1 heterocycles. The summed E-state index contributed by atoms with van der Waals surface area (Å²) in [5.74, 6) is -1.34. The average Bonchev–Trinajstić information content (AvgIpc) is 3.01. The Hall–Kier alpha value is -1.35. The number of carbonyl (C=O) groups is 2. The topological polar surface area (TPSA) is 92.8 Å². The molecule has 1 aromatic carbocycles. The second-order valence-corrected chi connectivity index (χ2v) is 8.42. The van der Waals surface area contributed by atoms with Crippen molar-refractivity contribution in [2.24, 2.45) is 0 Å². The molecule has 0 bridgehead atoms. The molecule has 0 saturated carbocycles. The van der Waals surface area contributed by atoms with Gasteiger partial charge in [0, 0.05) is 6.54 Å². The maximum atomic E-state index is 12.2. The van der Waals surface area contributed by atoms with Crippen molar-refractivity contribution in [1.82, 2.24) is 4.31 Å². The second-order valence-electron chi connectivity index (χ2n) is 5.70. The standard InChI is InChI=1S/C15H18Cl2N2O5S/c1-9(14(20)18-11-6-3-5-10(16)13(11)17)24-15(21)12-7-4-8-19(12)25(2,22)23/h3,5-6,9,12H,4,7-8H2,1-2H3,(H,18,20)/t9-,12+/m1/s1. The third-order valence-electron chi connectivity index (χ3n) is 3.77. The largest absolute Gasteiger partial charge is 0.451 e. The van der Waals surface area contributed by atoms with Gasteiger partial charge in [-0.3, -0.25) is 9.59 Å². The third kappa shape index (κ3) is 4.84. The summed E-state index contributed by atoms with van der Waals surface area (Å²) in [6, 6.07) is 3.84. The Bertz CT molecular complexity index is 784. The van der Waals surface area contributed by atoms with Crippen molar-refractivity contribution in [3.63, 3.8) is 0 Å². The highest BCUT2D eigenvalue weighted by atomic mass is 35.5. The fourth-order valence-electron chi connectivity index (χ4n) is 2.51. The number of benzene rings is 1.